The number of carboxylic acid groups (broad SMARTS) is 4. The predicted molar refractivity (Wildman–Crippen MR) is 114 cm³/mol. The van der Waals surface area contributed by atoms with Crippen molar-refractivity contribution >= 4 is 76.0 Å². The second-order valence-electron chi connectivity index (χ2n) is 5.18. The number of carbonyl (C=O) groups is 2. The first kappa shape index (κ1) is 37.5. The first-order valence-electron chi connectivity index (χ1n) is 7.02. The average Bonchev–Trinajstić information content (AvgIpc) is 2.56. The number of halogens is 4. The van der Waals surface area contributed by atoms with Gasteiger partial charge in [0.2, 0.25) is 0 Å². The maximum absolute atomic E-state index is 9.56. The van der Waals surface area contributed by atoms with E-state index < -0.39 is 69.6 Å². The molecular weight excluding hydrogens is 688 g/mol. The first-order chi connectivity index (χ1) is 13.3. The average molecular weight is 712 g/mol. The van der Waals surface area contributed by atoms with Crippen molar-refractivity contribution in [3.63, 3.8) is 0 Å². The third-order valence-corrected chi connectivity index (χ3v) is 6.07. The summed E-state index contributed by atoms with van der Waals surface area (Å²) >= 11 is 11.2. The molecule has 0 aromatic heterocycles. The number of aliphatic hydroxyl groups excluding tert-OH is 6. The van der Waals surface area contributed by atoms with Gasteiger partial charge in [0.15, 0.2) is 6.84 Å². The smallest absolute Gasteiger partial charge is 0.450 e. The Morgan fingerprint density at radius 3 is 0.700 bits per heavy atom. The standard InChI is InChI=1S/C5H8Br4O4.C5H12O4.2CH2O3/c6-4(7,12)3(1-10,2-11)5(8,9)13;6-1-5(2-7,3-8)4-9;2*2-1(3)4/h10-13H,1-2H2;6-9H,1-4H2;2*(H2,2,3,4). The zero-order valence-corrected chi connectivity index (χ0v) is 21.3. The quantitative estimate of drug-likeness (QED) is 0.138. The van der Waals surface area contributed by atoms with Crippen molar-refractivity contribution in [3.05, 3.63) is 0 Å². The van der Waals surface area contributed by atoms with Crippen LogP contribution in [0, 0.1) is 10.8 Å². The van der Waals surface area contributed by atoms with E-state index in [9.17, 15) is 10.2 Å². The topological polar surface area (TPSA) is 277 Å². The molecule has 0 aliphatic heterocycles. The van der Waals surface area contributed by atoms with Crippen molar-refractivity contribution in [2.75, 3.05) is 39.6 Å². The molecule has 0 rings (SSSR count). The van der Waals surface area contributed by atoms with Crippen LogP contribution in [0.4, 0.5) is 9.59 Å². The van der Waals surface area contributed by atoms with E-state index in [4.69, 9.17) is 60.7 Å². The van der Waals surface area contributed by atoms with Crippen LogP contribution in [-0.4, -0.2) is 120 Å². The SMILES string of the molecule is O=C(O)O.O=C(O)O.OCC(CO)(C(O)(Br)Br)C(O)(Br)Br.OCC(CO)(CO)CO. The van der Waals surface area contributed by atoms with Crippen LogP contribution in [0.5, 0.6) is 0 Å². The van der Waals surface area contributed by atoms with E-state index in [0.29, 0.717) is 0 Å². The van der Waals surface area contributed by atoms with Crippen LogP contribution < -0.4 is 0 Å². The van der Waals surface area contributed by atoms with Gasteiger partial charge in [-0.05, 0) is 63.7 Å². The lowest BCUT2D eigenvalue weighted by Crippen LogP contribution is -2.56. The molecule has 0 unspecified atom stereocenters. The van der Waals surface area contributed by atoms with E-state index in [-0.39, 0.29) is 0 Å². The minimum atomic E-state index is -1.83. The molecule has 30 heavy (non-hydrogen) atoms. The molecule has 0 aliphatic rings. The summed E-state index contributed by atoms with van der Waals surface area (Å²) in [5.41, 5.74) is -2.76. The molecule has 184 valence electrons. The summed E-state index contributed by atoms with van der Waals surface area (Å²) in [6.07, 6.45) is -3.67. The highest BCUT2D eigenvalue weighted by Crippen LogP contribution is 2.53. The van der Waals surface area contributed by atoms with E-state index in [0.717, 1.165) is 0 Å². The van der Waals surface area contributed by atoms with Crippen LogP contribution in [-0.2, 0) is 0 Å². The fourth-order valence-corrected chi connectivity index (χ4v) is 4.13. The third kappa shape index (κ3) is 15.9. The number of hydrogen-bond acceptors (Lipinski definition) is 10. The van der Waals surface area contributed by atoms with Crippen molar-refractivity contribution in [1.29, 1.82) is 0 Å². The Morgan fingerprint density at radius 1 is 0.533 bits per heavy atom. The van der Waals surface area contributed by atoms with Crippen molar-refractivity contribution in [3.8, 4) is 0 Å². The van der Waals surface area contributed by atoms with Gasteiger partial charge in [0, 0.05) is 0 Å². The summed E-state index contributed by atoms with van der Waals surface area (Å²) in [6.45, 7) is -2.95. The molecule has 0 aliphatic carbocycles. The van der Waals surface area contributed by atoms with E-state index in [1.807, 2.05) is 0 Å². The zero-order chi connectivity index (χ0) is 25.4. The van der Waals surface area contributed by atoms with Crippen molar-refractivity contribution in [2.24, 2.45) is 10.8 Å². The van der Waals surface area contributed by atoms with Gasteiger partial charge in [-0.3, -0.25) is 0 Å². The summed E-state index contributed by atoms with van der Waals surface area (Å²) in [5, 5.41) is 99.1. The Morgan fingerprint density at radius 2 is 0.700 bits per heavy atom. The Bertz CT molecular complexity index is 403. The molecule has 0 radical (unpaired) electrons. The number of hydrogen-bond donors (Lipinski definition) is 12. The summed E-state index contributed by atoms with van der Waals surface area (Å²) < 4.78 is -3.64. The highest BCUT2D eigenvalue weighted by molar-refractivity contribution is 9.26. The van der Waals surface area contributed by atoms with Gasteiger partial charge in [-0.2, -0.15) is 0 Å². The van der Waals surface area contributed by atoms with Crippen molar-refractivity contribution in [2.45, 2.75) is 6.84 Å². The van der Waals surface area contributed by atoms with Gasteiger partial charge < -0.3 is 61.3 Å². The molecule has 0 aromatic carbocycles. The highest BCUT2D eigenvalue weighted by Gasteiger charge is 2.59. The molecule has 0 saturated heterocycles. The Labute approximate surface area is 203 Å². The summed E-state index contributed by atoms with van der Waals surface area (Å²) in [7, 11) is 0. The second kappa shape index (κ2) is 17.7. The molecular formula is C12H24Br4O14. The lowest BCUT2D eigenvalue weighted by Gasteiger charge is -2.43. The molecule has 14 nitrogen and oxygen atoms in total. The molecule has 0 heterocycles. The van der Waals surface area contributed by atoms with E-state index in [1.54, 1.807) is 0 Å². The fraction of sp³-hybridized carbons (Fsp3) is 0.833. The summed E-state index contributed by atoms with van der Waals surface area (Å²) in [6, 6.07) is 0. The number of rotatable bonds is 8. The molecule has 18 heteroatoms. The molecule has 12 N–H and O–H groups in total. The molecule has 0 bridgehead atoms. The molecule has 0 atom stereocenters. The van der Waals surface area contributed by atoms with Crippen LogP contribution in [0.1, 0.15) is 0 Å². The van der Waals surface area contributed by atoms with Crippen LogP contribution in [0.15, 0.2) is 0 Å². The fourth-order valence-electron chi connectivity index (χ4n) is 0.911. The predicted octanol–water partition coefficient (Wildman–Crippen LogP) is -0.784. The van der Waals surface area contributed by atoms with E-state index >= 15 is 0 Å². The zero-order valence-electron chi connectivity index (χ0n) is 14.9. The largest absolute Gasteiger partial charge is 0.503 e. The summed E-state index contributed by atoms with van der Waals surface area (Å²) in [4.78, 5) is 17.1. The minimum absolute atomic E-state index is 0.406. The minimum Gasteiger partial charge on any atom is -0.450 e. The van der Waals surface area contributed by atoms with Gasteiger partial charge in [-0.15, -0.1) is 0 Å². The second-order valence-corrected chi connectivity index (χ2v) is 11.9. The van der Waals surface area contributed by atoms with Crippen LogP contribution in [0.2, 0.25) is 0 Å². The lowest BCUT2D eigenvalue weighted by molar-refractivity contribution is -0.0773. The molecule has 0 saturated carbocycles. The molecule has 0 fully saturated rings. The number of aliphatic hydroxyl groups is 8. The normalized spacial score (nSPS) is 11.6. The summed E-state index contributed by atoms with van der Waals surface area (Å²) in [5.74, 6) is 0. The Balaban J connectivity index is -0.000000171. The maximum Gasteiger partial charge on any atom is 0.503 e. The van der Waals surface area contributed by atoms with Crippen LogP contribution in [0.25, 0.3) is 0 Å². The molecule has 0 aromatic rings. The van der Waals surface area contributed by atoms with Gasteiger partial charge >= 0.3 is 12.3 Å². The lowest BCUT2D eigenvalue weighted by atomic mass is 9.92. The third-order valence-electron chi connectivity index (χ3n) is 3.03. The first-order valence-corrected chi connectivity index (χ1v) is 10.2. The van der Waals surface area contributed by atoms with Gasteiger partial charge in [-0.1, -0.05) is 0 Å². The maximum atomic E-state index is 9.56. The van der Waals surface area contributed by atoms with Crippen molar-refractivity contribution < 1.29 is 70.9 Å². The van der Waals surface area contributed by atoms with Gasteiger partial charge in [0.1, 0.15) is 5.41 Å². The monoisotopic (exact) mass is 708 g/mol. The van der Waals surface area contributed by atoms with Crippen LogP contribution >= 0.6 is 63.7 Å². The van der Waals surface area contributed by atoms with Gasteiger partial charge in [0.05, 0.1) is 45.1 Å². The number of alkyl halides is 4. The molecule has 0 amide bonds. The Kier molecular flexibility index (Phi) is 22.1. The van der Waals surface area contributed by atoms with Gasteiger partial charge in [-0.25, -0.2) is 9.59 Å². The van der Waals surface area contributed by atoms with Gasteiger partial charge in [0.25, 0.3) is 0 Å². The van der Waals surface area contributed by atoms with E-state index in [1.165, 1.54) is 0 Å². The van der Waals surface area contributed by atoms with Crippen LogP contribution in [0.3, 0.4) is 0 Å². The molecule has 0 spiro atoms. The highest BCUT2D eigenvalue weighted by atomic mass is 79.9. The Hall–Kier alpha value is 0.140. The van der Waals surface area contributed by atoms with Crippen molar-refractivity contribution in [1.82, 2.24) is 0 Å². The van der Waals surface area contributed by atoms with E-state index in [2.05, 4.69) is 63.7 Å².